The Bertz CT molecular complexity index is 815. The fourth-order valence-corrected chi connectivity index (χ4v) is 3.39. The van der Waals surface area contributed by atoms with Gasteiger partial charge >= 0.3 is 0 Å². The van der Waals surface area contributed by atoms with Gasteiger partial charge in [0.05, 0.1) is 10.8 Å². The van der Waals surface area contributed by atoms with E-state index in [1.807, 2.05) is 55.5 Å². The molecule has 0 amide bonds. The van der Waals surface area contributed by atoms with E-state index in [2.05, 4.69) is 25.9 Å². The normalized spacial score (nSPS) is 12.3. The standard InChI is InChI=1S/C17H13BrN2OS/c1-11(16(21)12-6-8-13(18)9-7-12)22-17-14-4-2-3-5-15(14)19-10-20-17/h2-11H,1H3/t11-/m1/s1. The minimum Gasteiger partial charge on any atom is -0.293 e. The van der Waals surface area contributed by atoms with Crippen LogP contribution in [0.3, 0.4) is 0 Å². The molecule has 0 N–H and O–H groups in total. The van der Waals surface area contributed by atoms with Crippen LogP contribution in [0.15, 0.2) is 64.4 Å². The number of fused-ring (bicyclic) bond motifs is 1. The van der Waals surface area contributed by atoms with E-state index in [9.17, 15) is 4.79 Å². The van der Waals surface area contributed by atoms with E-state index < -0.39 is 0 Å². The fourth-order valence-electron chi connectivity index (χ4n) is 2.14. The summed E-state index contributed by atoms with van der Waals surface area (Å²) >= 11 is 4.85. The first-order chi connectivity index (χ1) is 10.6. The second kappa shape index (κ2) is 6.58. The highest BCUT2D eigenvalue weighted by molar-refractivity contribution is 9.10. The van der Waals surface area contributed by atoms with Gasteiger partial charge in [0.15, 0.2) is 5.78 Å². The summed E-state index contributed by atoms with van der Waals surface area (Å²) in [5.74, 6) is 0.0974. The highest BCUT2D eigenvalue weighted by atomic mass is 79.9. The van der Waals surface area contributed by atoms with E-state index in [1.54, 1.807) is 6.33 Å². The van der Waals surface area contributed by atoms with Crippen molar-refractivity contribution in [1.29, 1.82) is 0 Å². The van der Waals surface area contributed by atoms with Crippen LogP contribution in [-0.2, 0) is 0 Å². The molecule has 0 saturated carbocycles. The van der Waals surface area contributed by atoms with E-state index in [4.69, 9.17) is 0 Å². The van der Waals surface area contributed by atoms with Crippen molar-refractivity contribution < 1.29 is 4.79 Å². The molecular formula is C17H13BrN2OS. The summed E-state index contributed by atoms with van der Waals surface area (Å²) in [5.41, 5.74) is 1.60. The molecule has 0 spiro atoms. The van der Waals surface area contributed by atoms with Crippen molar-refractivity contribution in [2.45, 2.75) is 17.2 Å². The molecule has 0 unspecified atom stereocenters. The van der Waals surface area contributed by atoms with Crippen molar-refractivity contribution in [3.05, 3.63) is 64.9 Å². The molecule has 2 aromatic carbocycles. The lowest BCUT2D eigenvalue weighted by Gasteiger charge is -2.11. The topological polar surface area (TPSA) is 42.9 Å². The Kier molecular flexibility index (Phi) is 4.55. The van der Waals surface area contributed by atoms with Crippen LogP contribution in [0.2, 0.25) is 0 Å². The van der Waals surface area contributed by atoms with Crippen molar-refractivity contribution in [3.8, 4) is 0 Å². The molecule has 22 heavy (non-hydrogen) atoms. The number of Topliss-reactive ketones (excluding diaryl/α,β-unsaturated/α-hetero) is 1. The zero-order valence-electron chi connectivity index (χ0n) is 11.9. The first-order valence-corrected chi connectivity index (χ1v) is 8.48. The van der Waals surface area contributed by atoms with E-state index >= 15 is 0 Å². The molecular weight excluding hydrogens is 360 g/mol. The average molecular weight is 373 g/mol. The smallest absolute Gasteiger partial charge is 0.175 e. The monoisotopic (exact) mass is 372 g/mol. The third-order valence-electron chi connectivity index (χ3n) is 3.29. The van der Waals surface area contributed by atoms with Crippen LogP contribution in [0.1, 0.15) is 17.3 Å². The van der Waals surface area contributed by atoms with E-state index in [0.29, 0.717) is 5.56 Å². The summed E-state index contributed by atoms with van der Waals surface area (Å²) < 4.78 is 0.964. The molecule has 5 heteroatoms. The van der Waals surface area contributed by atoms with Gasteiger partial charge in [-0.1, -0.05) is 58.0 Å². The molecule has 3 rings (SSSR count). The molecule has 1 aromatic heterocycles. The number of thioether (sulfide) groups is 1. The lowest BCUT2D eigenvalue weighted by molar-refractivity contribution is 0.0994. The number of rotatable bonds is 4. The summed E-state index contributed by atoms with van der Waals surface area (Å²) in [7, 11) is 0. The molecule has 0 bridgehead atoms. The van der Waals surface area contributed by atoms with Crippen LogP contribution in [0.5, 0.6) is 0 Å². The number of hydrogen-bond acceptors (Lipinski definition) is 4. The maximum atomic E-state index is 12.5. The third-order valence-corrected chi connectivity index (χ3v) is 4.94. The van der Waals surface area contributed by atoms with Crippen LogP contribution in [0, 0.1) is 0 Å². The summed E-state index contributed by atoms with van der Waals surface area (Å²) in [5, 5.41) is 1.61. The lowest BCUT2D eigenvalue weighted by Crippen LogP contribution is -2.13. The molecule has 0 fully saturated rings. The number of hydrogen-bond donors (Lipinski definition) is 0. The average Bonchev–Trinajstić information content (AvgIpc) is 2.55. The number of nitrogens with zero attached hydrogens (tertiary/aromatic N) is 2. The van der Waals surface area contributed by atoms with Gasteiger partial charge in [0.25, 0.3) is 0 Å². The number of para-hydroxylation sites is 1. The van der Waals surface area contributed by atoms with Crippen molar-refractivity contribution in [2.75, 3.05) is 0 Å². The molecule has 1 heterocycles. The highest BCUT2D eigenvalue weighted by Crippen LogP contribution is 2.29. The second-order valence-electron chi connectivity index (χ2n) is 4.83. The van der Waals surface area contributed by atoms with Gasteiger partial charge < -0.3 is 0 Å². The minimum atomic E-state index is -0.209. The summed E-state index contributed by atoms with van der Waals surface area (Å²) in [4.78, 5) is 21.1. The van der Waals surface area contributed by atoms with Gasteiger partial charge in [0.2, 0.25) is 0 Å². The number of ketones is 1. The van der Waals surface area contributed by atoms with Gasteiger partial charge in [0, 0.05) is 15.4 Å². The molecule has 110 valence electrons. The molecule has 0 aliphatic carbocycles. The predicted molar refractivity (Wildman–Crippen MR) is 93.3 cm³/mol. The van der Waals surface area contributed by atoms with Crippen molar-refractivity contribution in [3.63, 3.8) is 0 Å². The molecule has 0 aliphatic rings. The van der Waals surface area contributed by atoms with Crippen LogP contribution in [-0.4, -0.2) is 21.0 Å². The van der Waals surface area contributed by atoms with Crippen LogP contribution < -0.4 is 0 Å². The Labute approximate surface area is 141 Å². The Morgan fingerprint density at radius 3 is 2.59 bits per heavy atom. The highest BCUT2D eigenvalue weighted by Gasteiger charge is 2.18. The number of aromatic nitrogens is 2. The summed E-state index contributed by atoms with van der Waals surface area (Å²) in [6.07, 6.45) is 1.54. The van der Waals surface area contributed by atoms with Crippen LogP contribution >= 0.6 is 27.7 Å². The Balaban J connectivity index is 1.85. The first-order valence-electron chi connectivity index (χ1n) is 6.81. The van der Waals surface area contributed by atoms with Crippen molar-refractivity contribution in [1.82, 2.24) is 9.97 Å². The number of carbonyl (C=O) groups excluding carboxylic acids is 1. The molecule has 0 aliphatic heterocycles. The fraction of sp³-hybridized carbons (Fsp3) is 0.118. The summed E-state index contributed by atoms with van der Waals surface area (Å²) in [6.45, 7) is 1.91. The molecule has 3 aromatic rings. The van der Waals surface area contributed by atoms with Gasteiger partial charge in [-0.2, -0.15) is 0 Å². The zero-order chi connectivity index (χ0) is 15.5. The Morgan fingerprint density at radius 1 is 1.09 bits per heavy atom. The van der Waals surface area contributed by atoms with Gasteiger partial charge in [-0.3, -0.25) is 4.79 Å². The lowest BCUT2D eigenvalue weighted by atomic mass is 10.1. The van der Waals surface area contributed by atoms with E-state index in [0.717, 1.165) is 20.4 Å². The summed E-state index contributed by atoms with van der Waals surface area (Å²) in [6, 6.07) is 15.3. The molecule has 1 atom stereocenters. The molecule has 0 radical (unpaired) electrons. The number of benzene rings is 2. The number of carbonyl (C=O) groups is 1. The maximum absolute atomic E-state index is 12.5. The largest absolute Gasteiger partial charge is 0.293 e. The van der Waals surface area contributed by atoms with Crippen LogP contribution in [0.4, 0.5) is 0 Å². The van der Waals surface area contributed by atoms with E-state index in [1.165, 1.54) is 11.8 Å². The van der Waals surface area contributed by atoms with Gasteiger partial charge in [-0.05, 0) is 25.1 Å². The molecule has 0 saturated heterocycles. The second-order valence-corrected chi connectivity index (χ2v) is 7.07. The zero-order valence-corrected chi connectivity index (χ0v) is 14.3. The van der Waals surface area contributed by atoms with Crippen LogP contribution in [0.25, 0.3) is 10.9 Å². The predicted octanol–water partition coefficient (Wildman–Crippen LogP) is 4.76. The quantitative estimate of drug-likeness (QED) is 0.376. The van der Waals surface area contributed by atoms with Gasteiger partial charge in [-0.25, -0.2) is 9.97 Å². The van der Waals surface area contributed by atoms with Crippen molar-refractivity contribution >= 4 is 44.4 Å². The maximum Gasteiger partial charge on any atom is 0.175 e. The van der Waals surface area contributed by atoms with Crippen molar-refractivity contribution in [2.24, 2.45) is 0 Å². The van der Waals surface area contributed by atoms with E-state index in [-0.39, 0.29) is 11.0 Å². The minimum absolute atomic E-state index is 0.0974. The van der Waals surface area contributed by atoms with Gasteiger partial charge in [0.1, 0.15) is 11.4 Å². The first kappa shape index (κ1) is 15.2. The SMILES string of the molecule is C[C@@H](Sc1ncnc2ccccc12)C(=O)c1ccc(Br)cc1. The number of halogens is 1. The third kappa shape index (κ3) is 3.20. The molecule has 3 nitrogen and oxygen atoms in total. The Morgan fingerprint density at radius 2 is 1.82 bits per heavy atom. The Hall–Kier alpha value is -1.72. The van der Waals surface area contributed by atoms with Gasteiger partial charge in [-0.15, -0.1) is 0 Å².